The first-order chi connectivity index (χ1) is 8.49. The minimum absolute atomic E-state index is 0.118. The summed E-state index contributed by atoms with van der Waals surface area (Å²) in [7, 11) is 0. The van der Waals surface area contributed by atoms with E-state index in [-0.39, 0.29) is 5.82 Å². The molecule has 0 saturated carbocycles. The molecule has 0 aromatic carbocycles. The molecule has 0 fully saturated rings. The summed E-state index contributed by atoms with van der Waals surface area (Å²) >= 11 is 5.41. The Labute approximate surface area is 112 Å². The number of nitrogens with one attached hydrogen (secondary N) is 1. The van der Waals surface area contributed by atoms with Gasteiger partial charge in [-0.25, -0.2) is 9.78 Å². The molecule has 0 aliphatic rings. The number of nitrogens with zero attached hydrogens (tertiary/aromatic N) is 1. The predicted octanol–water partition coefficient (Wildman–Crippen LogP) is 4.10. The maximum absolute atomic E-state index is 12.4. The third-order valence-electron chi connectivity index (χ3n) is 1.78. The van der Waals surface area contributed by atoms with Crippen LogP contribution in [0.15, 0.2) is 12.1 Å². The van der Waals surface area contributed by atoms with Crippen molar-refractivity contribution in [2.24, 2.45) is 0 Å². The molecule has 0 spiro atoms. The highest BCUT2D eigenvalue weighted by atomic mass is 35.5. The van der Waals surface area contributed by atoms with Gasteiger partial charge in [-0.1, -0.05) is 11.6 Å². The molecule has 4 nitrogen and oxygen atoms in total. The van der Waals surface area contributed by atoms with Crippen LogP contribution in [0.5, 0.6) is 0 Å². The average Bonchev–Trinajstić information content (AvgIpc) is 2.11. The second-order valence-electron chi connectivity index (χ2n) is 4.66. The van der Waals surface area contributed by atoms with Crippen LogP contribution in [0.2, 0.25) is 5.15 Å². The monoisotopic (exact) mass is 296 g/mol. The summed E-state index contributed by atoms with van der Waals surface area (Å²) in [4.78, 5) is 14.8. The van der Waals surface area contributed by atoms with Crippen molar-refractivity contribution in [2.75, 3.05) is 5.32 Å². The van der Waals surface area contributed by atoms with Crippen LogP contribution in [0.25, 0.3) is 0 Å². The van der Waals surface area contributed by atoms with Crippen LogP contribution in [0, 0.1) is 0 Å². The zero-order valence-corrected chi connectivity index (χ0v) is 11.2. The number of rotatable bonds is 1. The SMILES string of the molecule is CC(C)(C)OC(=O)Nc1ccc(C(F)(F)F)c(Cl)n1. The molecule has 1 aromatic rings. The lowest BCUT2D eigenvalue weighted by atomic mass is 10.2. The van der Waals surface area contributed by atoms with E-state index in [0.29, 0.717) is 0 Å². The van der Waals surface area contributed by atoms with Crippen molar-refractivity contribution >= 4 is 23.5 Å². The van der Waals surface area contributed by atoms with E-state index >= 15 is 0 Å². The van der Waals surface area contributed by atoms with Gasteiger partial charge in [0.05, 0.1) is 5.56 Å². The highest BCUT2D eigenvalue weighted by molar-refractivity contribution is 6.30. The number of alkyl halides is 3. The summed E-state index contributed by atoms with van der Waals surface area (Å²) in [6.45, 7) is 4.96. The molecule has 0 atom stereocenters. The zero-order chi connectivity index (χ0) is 14.8. The van der Waals surface area contributed by atoms with Crippen LogP contribution in [0.1, 0.15) is 26.3 Å². The lowest BCUT2D eigenvalue weighted by Crippen LogP contribution is -2.27. The number of carbonyl (C=O) groups is 1. The van der Waals surface area contributed by atoms with Crippen LogP contribution < -0.4 is 5.32 Å². The number of amides is 1. The van der Waals surface area contributed by atoms with Gasteiger partial charge in [0.2, 0.25) is 0 Å². The Hall–Kier alpha value is -1.50. The highest BCUT2D eigenvalue weighted by Gasteiger charge is 2.34. The number of halogens is 4. The van der Waals surface area contributed by atoms with Gasteiger partial charge in [-0.05, 0) is 32.9 Å². The fraction of sp³-hybridized carbons (Fsp3) is 0.455. The van der Waals surface area contributed by atoms with Gasteiger partial charge in [-0.15, -0.1) is 0 Å². The van der Waals surface area contributed by atoms with Gasteiger partial charge in [0.1, 0.15) is 16.6 Å². The molecular weight excluding hydrogens is 285 g/mol. The molecule has 0 radical (unpaired) electrons. The Morgan fingerprint density at radius 3 is 2.32 bits per heavy atom. The third kappa shape index (κ3) is 4.94. The summed E-state index contributed by atoms with van der Waals surface area (Å²) < 4.78 is 42.2. The molecule has 0 aliphatic carbocycles. The molecule has 1 amide bonds. The van der Waals surface area contributed by atoms with E-state index in [1.54, 1.807) is 20.8 Å². The lowest BCUT2D eigenvalue weighted by Gasteiger charge is -2.19. The molecule has 0 aliphatic heterocycles. The standard InChI is InChI=1S/C11H12ClF3N2O2/c1-10(2,3)19-9(18)17-7-5-4-6(8(12)16-7)11(13,14)15/h4-5H,1-3H3,(H,16,17,18). The molecule has 106 valence electrons. The summed E-state index contributed by atoms with van der Waals surface area (Å²) in [6, 6.07) is 1.74. The van der Waals surface area contributed by atoms with E-state index in [1.807, 2.05) is 0 Å². The Morgan fingerprint density at radius 1 is 1.32 bits per heavy atom. The molecule has 0 unspecified atom stereocenters. The number of aromatic nitrogens is 1. The maximum Gasteiger partial charge on any atom is 0.419 e. The molecule has 1 rings (SSSR count). The molecule has 8 heteroatoms. The Bertz CT molecular complexity index is 484. The van der Waals surface area contributed by atoms with Gasteiger partial charge in [0.25, 0.3) is 0 Å². The van der Waals surface area contributed by atoms with E-state index in [0.717, 1.165) is 12.1 Å². The smallest absolute Gasteiger partial charge is 0.419 e. The molecule has 0 bridgehead atoms. The summed E-state index contributed by atoms with van der Waals surface area (Å²) in [6.07, 6.45) is -5.41. The van der Waals surface area contributed by atoms with Crippen molar-refractivity contribution in [3.63, 3.8) is 0 Å². The number of carbonyl (C=O) groups excluding carboxylic acids is 1. The van der Waals surface area contributed by atoms with Crippen molar-refractivity contribution < 1.29 is 22.7 Å². The van der Waals surface area contributed by atoms with E-state index in [2.05, 4.69) is 10.3 Å². The number of hydrogen-bond donors (Lipinski definition) is 1. The van der Waals surface area contributed by atoms with Gasteiger partial charge in [-0.3, -0.25) is 5.32 Å². The maximum atomic E-state index is 12.4. The second-order valence-corrected chi connectivity index (χ2v) is 5.02. The van der Waals surface area contributed by atoms with Crippen molar-refractivity contribution in [3.05, 3.63) is 22.8 Å². The fourth-order valence-electron chi connectivity index (χ4n) is 1.12. The minimum Gasteiger partial charge on any atom is -0.444 e. The molecule has 1 aromatic heterocycles. The van der Waals surface area contributed by atoms with Crippen molar-refractivity contribution in [3.8, 4) is 0 Å². The minimum atomic E-state index is -4.59. The van der Waals surface area contributed by atoms with Crippen LogP contribution in [0.4, 0.5) is 23.8 Å². The number of hydrogen-bond acceptors (Lipinski definition) is 3. The molecule has 1 N–H and O–H groups in total. The zero-order valence-electron chi connectivity index (χ0n) is 10.4. The largest absolute Gasteiger partial charge is 0.444 e. The topological polar surface area (TPSA) is 51.2 Å². The normalized spacial score (nSPS) is 12.2. The molecular formula is C11H12ClF3N2O2. The van der Waals surface area contributed by atoms with Crippen molar-refractivity contribution in [2.45, 2.75) is 32.5 Å². The lowest BCUT2D eigenvalue weighted by molar-refractivity contribution is -0.137. The Morgan fingerprint density at radius 2 is 1.89 bits per heavy atom. The van der Waals surface area contributed by atoms with Crippen LogP contribution in [-0.4, -0.2) is 16.7 Å². The fourth-order valence-corrected chi connectivity index (χ4v) is 1.38. The van der Waals surface area contributed by atoms with Gasteiger partial charge < -0.3 is 4.74 Å². The quantitative estimate of drug-likeness (QED) is 0.794. The second kappa shape index (κ2) is 5.24. The van der Waals surface area contributed by atoms with Crippen LogP contribution in [0.3, 0.4) is 0 Å². The first-order valence-electron chi connectivity index (χ1n) is 5.23. The summed E-state index contributed by atoms with van der Waals surface area (Å²) in [5.41, 5.74) is -1.79. The summed E-state index contributed by atoms with van der Waals surface area (Å²) in [5.74, 6) is -0.118. The van der Waals surface area contributed by atoms with Gasteiger partial charge in [0.15, 0.2) is 0 Å². The first kappa shape index (κ1) is 15.6. The van der Waals surface area contributed by atoms with E-state index in [9.17, 15) is 18.0 Å². The summed E-state index contributed by atoms with van der Waals surface area (Å²) in [5, 5.41) is 1.46. The third-order valence-corrected chi connectivity index (χ3v) is 2.07. The van der Waals surface area contributed by atoms with Crippen LogP contribution in [-0.2, 0) is 10.9 Å². The molecule has 1 heterocycles. The van der Waals surface area contributed by atoms with Crippen molar-refractivity contribution in [1.82, 2.24) is 4.98 Å². The van der Waals surface area contributed by atoms with Gasteiger partial charge in [0, 0.05) is 0 Å². The Balaban J connectivity index is 2.83. The molecule has 19 heavy (non-hydrogen) atoms. The predicted molar refractivity (Wildman–Crippen MR) is 64.1 cm³/mol. The Kier molecular flexibility index (Phi) is 4.29. The van der Waals surface area contributed by atoms with Crippen LogP contribution >= 0.6 is 11.6 Å². The average molecular weight is 297 g/mol. The van der Waals surface area contributed by atoms with Gasteiger partial charge in [-0.2, -0.15) is 13.2 Å². The van der Waals surface area contributed by atoms with E-state index in [4.69, 9.17) is 16.3 Å². The highest BCUT2D eigenvalue weighted by Crippen LogP contribution is 2.34. The van der Waals surface area contributed by atoms with Gasteiger partial charge >= 0.3 is 12.3 Å². The number of anilines is 1. The first-order valence-corrected chi connectivity index (χ1v) is 5.60. The molecule has 0 saturated heterocycles. The van der Waals surface area contributed by atoms with E-state index < -0.39 is 28.6 Å². The number of ether oxygens (including phenoxy) is 1. The number of pyridine rings is 1. The van der Waals surface area contributed by atoms with Crippen molar-refractivity contribution in [1.29, 1.82) is 0 Å². The van der Waals surface area contributed by atoms with E-state index in [1.165, 1.54) is 0 Å².